The van der Waals surface area contributed by atoms with Gasteiger partial charge in [-0.2, -0.15) is 0 Å². The van der Waals surface area contributed by atoms with Crippen LogP contribution in [-0.2, 0) is 0 Å². The molecule has 0 aliphatic heterocycles. The quantitative estimate of drug-likeness (QED) is 0.345. The predicted octanol–water partition coefficient (Wildman–Crippen LogP) is 3.75. The van der Waals surface area contributed by atoms with E-state index in [0.717, 1.165) is 0 Å². The summed E-state index contributed by atoms with van der Waals surface area (Å²) in [5, 5.41) is 0. The van der Waals surface area contributed by atoms with E-state index in [-0.39, 0.29) is 0 Å². The molecule has 0 aromatic heterocycles. The third-order valence-electron chi connectivity index (χ3n) is 1.63. The normalized spacial score (nSPS) is 14.3. The van der Waals surface area contributed by atoms with Crippen molar-refractivity contribution < 1.29 is 26.5 Å². The number of hydrogen-bond acceptors (Lipinski definition) is 1. The van der Waals surface area contributed by atoms with Crippen LogP contribution in [0, 0.1) is 29.1 Å². The molecule has 0 bridgehead atoms. The van der Waals surface area contributed by atoms with Gasteiger partial charge in [-0.3, -0.25) is 0 Å². The van der Waals surface area contributed by atoms with E-state index >= 15 is 0 Å². The molecule has 0 heterocycles. The van der Waals surface area contributed by atoms with Crippen LogP contribution < -0.4 is 4.52 Å². The Kier molecular flexibility index (Phi) is 3.17. The van der Waals surface area contributed by atoms with Gasteiger partial charge in [0.15, 0.2) is 0 Å². The van der Waals surface area contributed by atoms with E-state index in [2.05, 4.69) is 0 Å². The van der Waals surface area contributed by atoms with Gasteiger partial charge in [-0.15, -0.1) is 0 Å². The monoisotopic (exact) mass is 274 g/mol. The molecule has 0 aliphatic rings. The fourth-order valence-corrected chi connectivity index (χ4v) is 1.92. The topological polar surface area (TPSA) is 9.23 Å². The zero-order chi connectivity index (χ0) is 13.6. The van der Waals surface area contributed by atoms with E-state index in [1.165, 1.54) is 0 Å². The number of benzene rings is 1. The predicted molar refractivity (Wildman–Crippen MR) is 57.5 cm³/mol. The summed E-state index contributed by atoms with van der Waals surface area (Å²) >= 11 is 0. The molecule has 0 N–H and O–H groups in total. The van der Waals surface area contributed by atoms with Crippen LogP contribution in [0.4, 0.5) is 22.0 Å². The van der Waals surface area contributed by atoms with Gasteiger partial charge in [-0.25, -0.2) is 0 Å². The molecule has 1 rings (SSSR count). The Morgan fingerprint density at radius 3 is 1.24 bits per heavy atom. The van der Waals surface area contributed by atoms with E-state index in [0.29, 0.717) is 0 Å². The maximum absolute atomic E-state index is 13.3. The molecule has 98 valence electrons. The van der Waals surface area contributed by atoms with Crippen LogP contribution in [-0.4, -0.2) is 26.7 Å². The molecule has 17 heavy (non-hydrogen) atoms. The van der Waals surface area contributed by atoms with Crippen molar-refractivity contribution in [2.75, 3.05) is 26.7 Å². The Morgan fingerprint density at radius 1 is 0.647 bits per heavy atom. The van der Waals surface area contributed by atoms with Crippen LogP contribution in [0.15, 0.2) is 0 Å². The minimum absolute atomic E-state index is 1.21. The summed E-state index contributed by atoms with van der Waals surface area (Å²) in [6, 6.07) is 0. The standard InChI is InChI=1S/C10H12F5OP/c1-17(2,3,4)16-10-8(14)6(12)5(11)7(13)9(10)15/h1-4H3. The van der Waals surface area contributed by atoms with E-state index < -0.39 is 41.7 Å². The molecule has 0 aliphatic carbocycles. The van der Waals surface area contributed by atoms with Gasteiger partial charge in [0.1, 0.15) is 0 Å². The van der Waals surface area contributed by atoms with Crippen molar-refractivity contribution in [1.29, 1.82) is 0 Å². The van der Waals surface area contributed by atoms with Crippen molar-refractivity contribution in [3.8, 4) is 5.75 Å². The van der Waals surface area contributed by atoms with Crippen molar-refractivity contribution >= 4 is 6.83 Å². The van der Waals surface area contributed by atoms with E-state index in [9.17, 15) is 22.0 Å². The van der Waals surface area contributed by atoms with Crippen LogP contribution in [0.2, 0.25) is 0 Å². The van der Waals surface area contributed by atoms with Gasteiger partial charge in [-0.05, 0) is 0 Å². The van der Waals surface area contributed by atoms with E-state index in [1.807, 2.05) is 0 Å². The SMILES string of the molecule is CP(C)(C)(C)Oc1c(F)c(F)c(F)c(F)c1F. The molecule has 0 atom stereocenters. The van der Waals surface area contributed by atoms with Crippen molar-refractivity contribution in [2.45, 2.75) is 0 Å². The van der Waals surface area contributed by atoms with Gasteiger partial charge in [-0.1, -0.05) is 0 Å². The van der Waals surface area contributed by atoms with E-state index in [1.54, 1.807) is 26.7 Å². The molecule has 1 aromatic carbocycles. The first-order valence-electron chi connectivity index (χ1n) is 4.62. The van der Waals surface area contributed by atoms with Crippen LogP contribution in [0.25, 0.3) is 0 Å². The van der Waals surface area contributed by atoms with E-state index in [4.69, 9.17) is 4.52 Å². The Morgan fingerprint density at radius 2 is 0.941 bits per heavy atom. The van der Waals surface area contributed by atoms with Crippen molar-refractivity contribution in [3.63, 3.8) is 0 Å². The molecule has 0 spiro atoms. The van der Waals surface area contributed by atoms with Crippen LogP contribution >= 0.6 is 6.83 Å². The molecule has 1 nitrogen and oxygen atoms in total. The summed E-state index contributed by atoms with van der Waals surface area (Å²) in [5.74, 6) is -11.3. The second-order valence-electron chi connectivity index (χ2n) is 5.40. The van der Waals surface area contributed by atoms with Gasteiger partial charge in [0, 0.05) is 0 Å². The molecular formula is C10H12F5OP. The Labute approximate surface area is 95.6 Å². The molecule has 0 amide bonds. The molecule has 0 fully saturated rings. The summed E-state index contributed by atoms with van der Waals surface area (Å²) in [7, 11) is 0. The first kappa shape index (κ1) is 14.2. The molecule has 7 heteroatoms. The number of hydrogen-bond donors (Lipinski definition) is 0. The average molecular weight is 274 g/mol. The Bertz CT molecular complexity index is 440. The third kappa shape index (κ3) is 3.06. The maximum atomic E-state index is 13.3. The van der Waals surface area contributed by atoms with Gasteiger partial charge >= 0.3 is 94.8 Å². The Hall–Kier alpha value is -0.900. The summed E-state index contributed by atoms with van der Waals surface area (Å²) < 4.78 is 70.1. The number of rotatable bonds is 2. The third-order valence-corrected chi connectivity index (χ3v) is 2.54. The summed E-state index contributed by atoms with van der Waals surface area (Å²) in [5.41, 5.74) is 0. The first-order valence-corrected chi connectivity index (χ1v) is 8.56. The van der Waals surface area contributed by atoms with Gasteiger partial charge in [0.05, 0.1) is 0 Å². The molecule has 0 saturated carbocycles. The summed E-state index contributed by atoms with van der Waals surface area (Å²) in [6.07, 6.45) is 0. The fraction of sp³-hybridized carbons (Fsp3) is 0.400. The van der Waals surface area contributed by atoms with Crippen LogP contribution in [0.1, 0.15) is 0 Å². The summed E-state index contributed by atoms with van der Waals surface area (Å²) in [6.45, 7) is 3.37. The second-order valence-corrected chi connectivity index (χ2v) is 12.4. The fourth-order valence-electron chi connectivity index (χ4n) is 1.03. The molecular weight excluding hydrogens is 262 g/mol. The van der Waals surface area contributed by atoms with Crippen molar-refractivity contribution in [2.24, 2.45) is 0 Å². The zero-order valence-corrected chi connectivity index (χ0v) is 10.6. The van der Waals surface area contributed by atoms with Crippen LogP contribution in [0.5, 0.6) is 5.75 Å². The second kappa shape index (κ2) is 3.80. The molecule has 0 unspecified atom stereocenters. The van der Waals surface area contributed by atoms with Gasteiger partial charge in [0.2, 0.25) is 0 Å². The Balaban J connectivity index is 3.46. The van der Waals surface area contributed by atoms with Gasteiger partial charge in [0.25, 0.3) is 0 Å². The minimum atomic E-state index is -2.92. The molecule has 1 aromatic rings. The first-order chi connectivity index (χ1) is 7.40. The van der Waals surface area contributed by atoms with Gasteiger partial charge < -0.3 is 0 Å². The van der Waals surface area contributed by atoms with Crippen LogP contribution in [0.3, 0.4) is 0 Å². The number of halogens is 5. The molecule has 0 radical (unpaired) electrons. The van der Waals surface area contributed by atoms with Crippen molar-refractivity contribution in [1.82, 2.24) is 0 Å². The average Bonchev–Trinajstić information content (AvgIpc) is 2.16. The summed E-state index contributed by atoms with van der Waals surface area (Å²) in [4.78, 5) is 0. The zero-order valence-electron chi connectivity index (χ0n) is 9.75. The van der Waals surface area contributed by atoms with Crippen molar-refractivity contribution in [3.05, 3.63) is 29.1 Å². The molecule has 0 saturated heterocycles.